The fourth-order valence-corrected chi connectivity index (χ4v) is 4.09. The Bertz CT molecular complexity index is 507. The SMILES string of the molecule is Cc1cc(C)nc(SCC(CBr)c2ccccc2)c1. The van der Waals surface area contributed by atoms with E-state index in [9.17, 15) is 0 Å². The van der Waals surface area contributed by atoms with E-state index in [2.05, 4.69) is 77.2 Å². The van der Waals surface area contributed by atoms with Crippen molar-refractivity contribution in [2.24, 2.45) is 0 Å². The number of thioether (sulfide) groups is 1. The van der Waals surface area contributed by atoms with Crippen molar-refractivity contribution < 1.29 is 0 Å². The predicted octanol–water partition coefficient (Wildman–Crippen LogP) is 4.97. The maximum Gasteiger partial charge on any atom is 0.0965 e. The topological polar surface area (TPSA) is 12.9 Å². The molecule has 0 saturated heterocycles. The summed E-state index contributed by atoms with van der Waals surface area (Å²) in [6.45, 7) is 4.17. The first-order chi connectivity index (χ1) is 9.19. The van der Waals surface area contributed by atoms with Crippen LogP contribution >= 0.6 is 27.7 Å². The fraction of sp³-hybridized carbons (Fsp3) is 0.312. The first-order valence-electron chi connectivity index (χ1n) is 6.38. The Morgan fingerprint density at radius 3 is 2.53 bits per heavy atom. The van der Waals surface area contributed by atoms with Crippen LogP contribution in [0.15, 0.2) is 47.5 Å². The molecule has 0 bridgehead atoms. The summed E-state index contributed by atoms with van der Waals surface area (Å²) in [6.07, 6.45) is 0. The van der Waals surface area contributed by atoms with E-state index >= 15 is 0 Å². The van der Waals surface area contributed by atoms with Gasteiger partial charge in [0.25, 0.3) is 0 Å². The summed E-state index contributed by atoms with van der Waals surface area (Å²) in [4.78, 5) is 4.58. The number of halogens is 1. The van der Waals surface area contributed by atoms with Crippen LogP contribution in [-0.4, -0.2) is 16.1 Å². The lowest BCUT2D eigenvalue weighted by molar-refractivity contribution is 0.898. The van der Waals surface area contributed by atoms with E-state index in [0.717, 1.165) is 21.8 Å². The molecule has 1 heterocycles. The number of aromatic nitrogens is 1. The number of hydrogen-bond acceptors (Lipinski definition) is 2. The van der Waals surface area contributed by atoms with E-state index in [0.29, 0.717) is 5.92 Å². The Morgan fingerprint density at radius 1 is 1.16 bits per heavy atom. The minimum absolute atomic E-state index is 0.522. The zero-order valence-electron chi connectivity index (χ0n) is 11.3. The molecule has 1 atom stereocenters. The van der Waals surface area contributed by atoms with E-state index < -0.39 is 0 Å². The van der Waals surface area contributed by atoms with E-state index in [-0.39, 0.29) is 0 Å². The fourth-order valence-electron chi connectivity index (χ4n) is 2.02. The minimum Gasteiger partial charge on any atom is -0.247 e. The van der Waals surface area contributed by atoms with Crippen LogP contribution in [-0.2, 0) is 0 Å². The van der Waals surface area contributed by atoms with Gasteiger partial charge in [0.1, 0.15) is 0 Å². The standard InChI is InChI=1S/C16H18BrNS/c1-12-8-13(2)18-16(9-12)19-11-15(10-17)14-6-4-3-5-7-14/h3-9,15H,10-11H2,1-2H3. The summed E-state index contributed by atoms with van der Waals surface area (Å²) in [6, 6.07) is 14.9. The third-order valence-corrected chi connectivity index (χ3v) is 4.82. The van der Waals surface area contributed by atoms with Gasteiger partial charge in [0.15, 0.2) is 0 Å². The molecule has 0 spiro atoms. The van der Waals surface area contributed by atoms with Crippen molar-refractivity contribution in [1.29, 1.82) is 0 Å². The summed E-state index contributed by atoms with van der Waals surface area (Å²) < 4.78 is 0. The van der Waals surface area contributed by atoms with Crippen LogP contribution in [0.5, 0.6) is 0 Å². The molecule has 19 heavy (non-hydrogen) atoms. The maximum atomic E-state index is 4.58. The Labute approximate surface area is 128 Å². The van der Waals surface area contributed by atoms with E-state index in [4.69, 9.17) is 0 Å². The van der Waals surface area contributed by atoms with Gasteiger partial charge in [-0.3, -0.25) is 0 Å². The quantitative estimate of drug-likeness (QED) is 0.565. The Morgan fingerprint density at radius 2 is 1.89 bits per heavy atom. The van der Waals surface area contributed by atoms with Gasteiger partial charge in [-0.25, -0.2) is 4.98 Å². The lowest BCUT2D eigenvalue weighted by Crippen LogP contribution is -2.03. The average molecular weight is 336 g/mol. The first kappa shape index (κ1) is 14.6. The van der Waals surface area contributed by atoms with Crippen LogP contribution in [0, 0.1) is 13.8 Å². The second kappa shape index (κ2) is 7.11. The lowest BCUT2D eigenvalue weighted by Gasteiger charge is -2.14. The van der Waals surface area contributed by atoms with Crippen molar-refractivity contribution in [3.05, 3.63) is 59.3 Å². The van der Waals surface area contributed by atoms with Crippen molar-refractivity contribution in [3.8, 4) is 0 Å². The van der Waals surface area contributed by atoms with Crippen LogP contribution in [0.4, 0.5) is 0 Å². The number of benzene rings is 1. The molecule has 2 aromatic rings. The van der Waals surface area contributed by atoms with Crippen LogP contribution in [0.1, 0.15) is 22.7 Å². The van der Waals surface area contributed by atoms with Crippen LogP contribution in [0.3, 0.4) is 0 Å². The third-order valence-electron chi connectivity index (χ3n) is 2.96. The van der Waals surface area contributed by atoms with Gasteiger partial charge in [0, 0.05) is 22.7 Å². The second-order valence-electron chi connectivity index (χ2n) is 4.70. The molecule has 1 nitrogen and oxygen atoms in total. The van der Waals surface area contributed by atoms with E-state index in [1.165, 1.54) is 11.1 Å². The normalized spacial score (nSPS) is 12.4. The second-order valence-corrected chi connectivity index (χ2v) is 6.38. The Balaban J connectivity index is 2.04. The van der Waals surface area contributed by atoms with Crippen LogP contribution in [0.25, 0.3) is 0 Å². The largest absolute Gasteiger partial charge is 0.247 e. The highest BCUT2D eigenvalue weighted by atomic mass is 79.9. The Kier molecular flexibility index (Phi) is 5.46. The molecule has 0 amide bonds. The summed E-state index contributed by atoms with van der Waals surface area (Å²) in [5.74, 6) is 1.57. The van der Waals surface area contributed by atoms with Crippen molar-refractivity contribution in [2.45, 2.75) is 24.8 Å². The molecule has 1 unspecified atom stereocenters. The van der Waals surface area contributed by atoms with Gasteiger partial charge in [0.05, 0.1) is 5.03 Å². The monoisotopic (exact) mass is 335 g/mol. The zero-order chi connectivity index (χ0) is 13.7. The van der Waals surface area contributed by atoms with Crippen LogP contribution in [0.2, 0.25) is 0 Å². The molecule has 1 aromatic heterocycles. The van der Waals surface area contributed by atoms with Crippen molar-refractivity contribution in [1.82, 2.24) is 4.98 Å². The highest BCUT2D eigenvalue weighted by Crippen LogP contribution is 2.27. The number of pyridine rings is 1. The van der Waals surface area contributed by atoms with E-state index in [1.54, 1.807) is 0 Å². The number of nitrogens with zero attached hydrogens (tertiary/aromatic N) is 1. The lowest BCUT2D eigenvalue weighted by atomic mass is 10.0. The molecule has 0 N–H and O–H groups in total. The molecule has 100 valence electrons. The number of alkyl halides is 1. The summed E-state index contributed by atoms with van der Waals surface area (Å²) in [5, 5.41) is 2.11. The number of hydrogen-bond donors (Lipinski definition) is 0. The van der Waals surface area contributed by atoms with Gasteiger partial charge in [-0.1, -0.05) is 46.3 Å². The van der Waals surface area contributed by atoms with E-state index in [1.807, 2.05) is 11.8 Å². The summed E-state index contributed by atoms with van der Waals surface area (Å²) in [7, 11) is 0. The molecule has 0 radical (unpaired) electrons. The van der Waals surface area contributed by atoms with Crippen molar-refractivity contribution in [2.75, 3.05) is 11.1 Å². The van der Waals surface area contributed by atoms with Crippen molar-refractivity contribution >= 4 is 27.7 Å². The van der Waals surface area contributed by atoms with Crippen molar-refractivity contribution in [3.63, 3.8) is 0 Å². The molecule has 0 aliphatic rings. The maximum absolute atomic E-state index is 4.58. The molecule has 0 fully saturated rings. The van der Waals surface area contributed by atoms with Gasteiger partial charge in [-0.05, 0) is 37.1 Å². The van der Waals surface area contributed by atoms with Crippen LogP contribution < -0.4 is 0 Å². The molecule has 2 rings (SSSR count). The molecule has 0 aliphatic carbocycles. The summed E-state index contributed by atoms with van der Waals surface area (Å²) in [5.41, 5.74) is 3.76. The minimum atomic E-state index is 0.522. The molecule has 0 saturated carbocycles. The average Bonchev–Trinajstić information content (AvgIpc) is 2.39. The van der Waals surface area contributed by atoms with Gasteiger partial charge < -0.3 is 0 Å². The number of rotatable bonds is 5. The number of aryl methyl sites for hydroxylation is 2. The van der Waals surface area contributed by atoms with Gasteiger partial charge in [0.2, 0.25) is 0 Å². The molecule has 1 aromatic carbocycles. The Hall–Kier alpha value is -0.800. The molecular weight excluding hydrogens is 318 g/mol. The zero-order valence-corrected chi connectivity index (χ0v) is 13.7. The van der Waals surface area contributed by atoms with Gasteiger partial charge >= 0.3 is 0 Å². The van der Waals surface area contributed by atoms with Gasteiger partial charge in [-0.2, -0.15) is 0 Å². The predicted molar refractivity (Wildman–Crippen MR) is 87.4 cm³/mol. The molecule has 3 heteroatoms. The first-order valence-corrected chi connectivity index (χ1v) is 8.48. The summed E-state index contributed by atoms with van der Waals surface area (Å²) >= 11 is 5.46. The smallest absolute Gasteiger partial charge is 0.0965 e. The highest BCUT2D eigenvalue weighted by Gasteiger charge is 2.11. The third kappa shape index (κ3) is 4.36. The molecular formula is C16H18BrNS. The molecule has 0 aliphatic heterocycles. The van der Waals surface area contributed by atoms with Gasteiger partial charge in [-0.15, -0.1) is 11.8 Å². The highest BCUT2D eigenvalue weighted by molar-refractivity contribution is 9.09.